The van der Waals surface area contributed by atoms with Crippen LogP contribution in [0.2, 0.25) is 0 Å². The first kappa shape index (κ1) is 17.7. The van der Waals surface area contributed by atoms with E-state index in [4.69, 9.17) is 9.47 Å². The summed E-state index contributed by atoms with van der Waals surface area (Å²) in [6, 6.07) is 13.5. The van der Waals surface area contributed by atoms with Crippen LogP contribution in [0.4, 0.5) is 0 Å². The molecule has 0 bridgehead atoms. The molecule has 1 unspecified atom stereocenters. The van der Waals surface area contributed by atoms with Crippen molar-refractivity contribution in [1.82, 2.24) is 10.3 Å². The lowest BCUT2D eigenvalue weighted by atomic mass is 9.78. The summed E-state index contributed by atoms with van der Waals surface area (Å²) in [5.74, 6) is 0.0106. The average molecular weight is 350 g/mol. The normalized spacial score (nSPS) is 17.0. The maximum atomic E-state index is 12.6. The molecule has 0 saturated carbocycles. The number of allylic oxidation sites excluding steroid dienone is 3. The van der Waals surface area contributed by atoms with Crippen LogP contribution in [0.3, 0.4) is 0 Å². The van der Waals surface area contributed by atoms with E-state index in [1.807, 2.05) is 56.3 Å². The van der Waals surface area contributed by atoms with Crippen LogP contribution in [-0.4, -0.2) is 25.2 Å². The second-order valence-corrected chi connectivity index (χ2v) is 6.08. The molecule has 0 fully saturated rings. The third-order valence-electron chi connectivity index (χ3n) is 4.56. The number of carbonyl (C=O) groups excluding carboxylic acids is 1. The Labute approximate surface area is 153 Å². The Morgan fingerprint density at radius 1 is 1.04 bits per heavy atom. The summed E-state index contributed by atoms with van der Waals surface area (Å²) in [6.45, 7) is 3.87. The predicted molar refractivity (Wildman–Crippen MR) is 100 cm³/mol. The standard InChI is InChI=1S/C21H22N2O3/c1-13-18(16-10-7-8-12-22-16)20(15-9-5-6-11-17(15)25-3)19(14(2)23-13)21(24)26-4/h5-12,20,23H,1-4H3. The maximum absolute atomic E-state index is 12.6. The topological polar surface area (TPSA) is 60.5 Å². The fraction of sp³-hybridized carbons (Fsp3) is 0.238. The first-order valence-corrected chi connectivity index (χ1v) is 8.39. The van der Waals surface area contributed by atoms with Crippen molar-refractivity contribution < 1.29 is 14.3 Å². The number of hydrogen-bond acceptors (Lipinski definition) is 5. The number of dihydropyridines is 1. The Morgan fingerprint density at radius 3 is 2.42 bits per heavy atom. The molecule has 5 nitrogen and oxygen atoms in total. The van der Waals surface area contributed by atoms with Crippen LogP contribution in [0.5, 0.6) is 5.75 Å². The summed E-state index contributed by atoms with van der Waals surface area (Å²) in [7, 11) is 3.03. The highest BCUT2D eigenvalue weighted by Crippen LogP contribution is 2.45. The molecule has 26 heavy (non-hydrogen) atoms. The fourth-order valence-electron chi connectivity index (χ4n) is 3.45. The average Bonchev–Trinajstić information content (AvgIpc) is 2.67. The van der Waals surface area contributed by atoms with Gasteiger partial charge in [0, 0.05) is 28.7 Å². The summed E-state index contributed by atoms with van der Waals surface area (Å²) in [6.07, 6.45) is 1.75. The monoisotopic (exact) mass is 350 g/mol. The summed E-state index contributed by atoms with van der Waals surface area (Å²) < 4.78 is 10.7. The van der Waals surface area contributed by atoms with Crippen molar-refractivity contribution in [2.75, 3.05) is 14.2 Å². The lowest BCUT2D eigenvalue weighted by Crippen LogP contribution is -2.28. The van der Waals surface area contributed by atoms with Crippen molar-refractivity contribution >= 4 is 11.5 Å². The molecule has 0 radical (unpaired) electrons. The van der Waals surface area contributed by atoms with Crippen LogP contribution in [0, 0.1) is 0 Å². The van der Waals surface area contributed by atoms with Crippen LogP contribution >= 0.6 is 0 Å². The zero-order valence-electron chi connectivity index (χ0n) is 15.4. The van der Waals surface area contributed by atoms with E-state index >= 15 is 0 Å². The molecule has 1 aromatic carbocycles. The van der Waals surface area contributed by atoms with Crippen LogP contribution < -0.4 is 10.1 Å². The summed E-state index contributed by atoms with van der Waals surface area (Å²) in [5, 5.41) is 3.31. The molecule has 134 valence electrons. The second-order valence-electron chi connectivity index (χ2n) is 6.08. The molecule has 0 spiro atoms. The van der Waals surface area contributed by atoms with Crippen molar-refractivity contribution in [2.24, 2.45) is 0 Å². The lowest BCUT2D eigenvalue weighted by Gasteiger charge is -2.32. The Bertz CT molecular complexity index is 885. The summed E-state index contributed by atoms with van der Waals surface area (Å²) in [5.41, 5.74) is 4.91. The van der Waals surface area contributed by atoms with Gasteiger partial charge < -0.3 is 14.8 Å². The van der Waals surface area contributed by atoms with E-state index in [1.165, 1.54) is 7.11 Å². The molecular formula is C21H22N2O3. The zero-order valence-corrected chi connectivity index (χ0v) is 15.4. The quantitative estimate of drug-likeness (QED) is 0.853. The van der Waals surface area contributed by atoms with Gasteiger partial charge in [0.15, 0.2) is 0 Å². The van der Waals surface area contributed by atoms with Gasteiger partial charge in [-0.05, 0) is 32.0 Å². The molecule has 1 atom stereocenters. The van der Waals surface area contributed by atoms with Gasteiger partial charge in [0.05, 0.1) is 31.4 Å². The number of ether oxygens (including phenoxy) is 2. The third-order valence-corrected chi connectivity index (χ3v) is 4.56. The number of hydrogen-bond donors (Lipinski definition) is 1. The second kappa shape index (κ2) is 7.44. The van der Waals surface area contributed by atoms with Crippen molar-refractivity contribution in [3.05, 3.63) is 76.9 Å². The molecule has 1 aliphatic heterocycles. The Morgan fingerprint density at radius 2 is 1.77 bits per heavy atom. The van der Waals surface area contributed by atoms with Crippen LogP contribution in [-0.2, 0) is 9.53 Å². The number of nitrogens with zero attached hydrogens (tertiary/aromatic N) is 1. The van der Waals surface area contributed by atoms with Gasteiger partial charge in [0.25, 0.3) is 0 Å². The Hall–Kier alpha value is -3.08. The van der Waals surface area contributed by atoms with Crippen LogP contribution in [0.1, 0.15) is 31.0 Å². The van der Waals surface area contributed by atoms with E-state index in [2.05, 4.69) is 10.3 Å². The van der Waals surface area contributed by atoms with Crippen molar-refractivity contribution in [3.63, 3.8) is 0 Å². The number of carbonyl (C=O) groups is 1. The first-order chi connectivity index (χ1) is 12.6. The molecule has 0 saturated heterocycles. The number of methoxy groups -OCH3 is 2. The van der Waals surface area contributed by atoms with Gasteiger partial charge in [-0.25, -0.2) is 4.79 Å². The molecule has 1 aromatic heterocycles. The molecule has 1 N–H and O–H groups in total. The van der Waals surface area contributed by atoms with Gasteiger partial charge in [-0.2, -0.15) is 0 Å². The molecule has 2 aromatic rings. The SMILES string of the molecule is COC(=O)C1=C(C)NC(C)=C(c2ccccn2)C1c1ccccc1OC. The number of aromatic nitrogens is 1. The Kier molecular flexibility index (Phi) is 5.07. The van der Waals surface area contributed by atoms with Gasteiger partial charge >= 0.3 is 5.97 Å². The zero-order chi connectivity index (χ0) is 18.7. The van der Waals surface area contributed by atoms with E-state index < -0.39 is 0 Å². The minimum absolute atomic E-state index is 0.338. The predicted octanol–water partition coefficient (Wildman–Crippen LogP) is 3.66. The molecule has 1 aliphatic rings. The highest BCUT2D eigenvalue weighted by Gasteiger charge is 2.36. The van der Waals surface area contributed by atoms with Gasteiger partial charge in [0.1, 0.15) is 5.75 Å². The van der Waals surface area contributed by atoms with Crippen molar-refractivity contribution in [2.45, 2.75) is 19.8 Å². The minimum atomic E-state index is -0.369. The van der Waals surface area contributed by atoms with E-state index in [1.54, 1.807) is 13.3 Å². The van der Waals surface area contributed by atoms with E-state index in [0.29, 0.717) is 5.57 Å². The molecular weight excluding hydrogens is 328 g/mol. The largest absolute Gasteiger partial charge is 0.496 e. The lowest BCUT2D eigenvalue weighted by molar-refractivity contribution is -0.136. The van der Waals surface area contributed by atoms with E-state index in [-0.39, 0.29) is 11.9 Å². The molecule has 0 aliphatic carbocycles. The van der Waals surface area contributed by atoms with Crippen LogP contribution in [0.15, 0.2) is 65.6 Å². The van der Waals surface area contributed by atoms with Gasteiger partial charge in [-0.1, -0.05) is 24.3 Å². The van der Waals surface area contributed by atoms with E-state index in [0.717, 1.165) is 34.0 Å². The number of para-hydroxylation sites is 1. The fourth-order valence-corrected chi connectivity index (χ4v) is 3.45. The highest BCUT2D eigenvalue weighted by atomic mass is 16.5. The number of nitrogens with one attached hydrogen (secondary N) is 1. The molecule has 3 rings (SSSR count). The van der Waals surface area contributed by atoms with Crippen molar-refractivity contribution in [1.29, 1.82) is 0 Å². The summed E-state index contributed by atoms with van der Waals surface area (Å²) in [4.78, 5) is 17.2. The summed E-state index contributed by atoms with van der Waals surface area (Å²) >= 11 is 0. The smallest absolute Gasteiger partial charge is 0.336 e. The van der Waals surface area contributed by atoms with Crippen LogP contribution in [0.25, 0.3) is 5.57 Å². The highest BCUT2D eigenvalue weighted by molar-refractivity contribution is 5.97. The molecule has 5 heteroatoms. The van der Waals surface area contributed by atoms with E-state index in [9.17, 15) is 4.79 Å². The number of pyridine rings is 1. The van der Waals surface area contributed by atoms with Gasteiger partial charge in [-0.15, -0.1) is 0 Å². The van der Waals surface area contributed by atoms with Gasteiger partial charge in [-0.3, -0.25) is 4.98 Å². The first-order valence-electron chi connectivity index (χ1n) is 8.39. The number of esters is 1. The third kappa shape index (κ3) is 3.08. The van der Waals surface area contributed by atoms with Gasteiger partial charge in [0.2, 0.25) is 0 Å². The number of benzene rings is 1. The number of rotatable bonds is 4. The minimum Gasteiger partial charge on any atom is -0.496 e. The molecule has 0 amide bonds. The van der Waals surface area contributed by atoms with Crippen molar-refractivity contribution in [3.8, 4) is 5.75 Å². The Balaban J connectivity index is 2.28. The molecule has 2 heterocycles. The maximum Gasteiger partial charge on any atom is 0.336 e.